The summed E-state index contributed by atoms with van der Waals surface area (Å²) in [6.07, 6.45) is 3.68. The molecule has 25 heavy (non-hydrogen) atoms. The van der Waals surface area contributed by atoms with Gasteiger partial charge in [-0.2, -0.15) is 0 Å². The molecule has 0 aliphatic rings. The van der Waals surface area contributed by atoms with Crippen molar-refractivity contribution in [3.05, 3.63) is 58.4 Å². The number of pyridine rings is 3. The van der Waals surface area contributed by atoms with E-state index in [1.165, 1.54) is 0 Å². The molecule has 124 valence electrons. The maximum Gasteiger partial charge on any atom is 0.158 e. The number of aryl methyl sites for hydroxylation is 3. The van der Waals surface area contributed by atoms with Crippen LogP contribution in [0.25, 0.3) is 22.0 Å². The summed E-state index contributed by atoms with van der Waals surface area (Å²) in [5.41, 5.74) is 4.87. The molecular formula is C19H17N5S. The van der Waals surface area contributed by atoms with E-state index in [-0.39, 0.29) is 0 Å². The van der Waals surface area contributed by atoms with Gasteiger partial charge in [0.25, 0.3) is 0 Å². The molecule has 4 aromatic rings. The fourth-order valence-corrected chi connectivity index (χ4v) is 3.38. The molecule has 4 aromatic heterocycles. The zero-order valence-corrected chi connectivity index (χ0v) is 15.1. The summed E-state index contributed by atoms with van der Waals surface area (Å²) < 4.78 is 0. The number of nitrogens with one attached hydrogen (secondary N) is 1. The lowest BCUT2D eigenvalue weighted by Crippen LogP contribution is -1.99. The normalized spacial score (nSPS) is 11.0. The molecule has 4 heterocycles. The Balaban J connectivity index is 1.91. The Morgan fingerprint density at radius 3 is 2.60 bits per heavy atom. The number of nitrogens with zero attached hydrogens (tertiary/aromatic N) is 4. The SMILES string of the molecule is Cc1ccc2c(-c3cccnc3C)cnc(Nc3csc(C)n3)c2n1. The Labute approximate surface area is 149 Å². The standard InChI is InChI=1S/C19H17N5S/c1-11-6-7-15-16(14-5-4-8-20-12(14)2)9-21-19(18(15)22-11)24-17-10-25-13(3)23-17/h4-10H,1-3H3,(H,21,24). The van der Waals surface area contributed by atoms with Crippen molar-refractivity contribution in [3.8, 4) is 11.1 Å². The maximum absolute atomic E-state index is 4.72. The van der Waals surface area contributed by atoms with Crippen LogP contribution >= 0.6 is 11.3 Å². The van der Waals surface area contributed by atoms with Gasteiger partial charge in [-0.1, -0.05) is 12.1 Å². The van der Waals surface area contributed by atoms with E-state index < -0.39 is 0 Å². The number of anilines is 2. The lowest BCUT2D eigenvalue weighted by Gasteiger charge is -2.12. The number of hydrogen-bond acceptors (Lipinski definition) is 6. The highest BCUT2D eigenvalue weighted by Crippen LogP contribution is 2.33. The third-order valence-electron chi connectivity index (χ3n) is 4.03. The molecule has 0 saturated heterocycles. The van der Waals surface area contributed by atoms with E-state index in [2.05, 4.69) is 32.4 Å². The summed E-state index contributed by atoms with van der Waals surface area (Å²) in [6.45, 7) is 5.98. The van der Waals surface area contributed by atoms with E-state index in [0.717, 1.165) is 44.2 Å². The first-order chi connectivity index (χ1) is 12.1. The molecule has 0 saturated carbocycles. The zero-order valence-electron chi connectivity index (χ0n) is 14.2. The van der Waals surface area contributed by atoms with E-state index in [4.69, 9.17) is 4.98 Å². The Hall–Kier alpha value is -2.86. The lowest BCUT2D eigenvalue weighted by molar-refractivity contribution is 1.19. The number of aromatic nitrogens is 4. The van der Waals surface area contributed by atoms with Crippen LogP contribution in [0.4, 0.5) is 11.6 Å². The van der Waals surface area contributed by atoms with Gasteiger partial charge in [0.1, 0.15) is 11.3 Å². The van der Waals surface area contributed by atoms with Crippen molar-refractivity contribution < 1.29 is 0 Å². The van der Waals surface area contributed by atoms with Gasteiger partial charge in [-0.05, 0) is 32.9 Å². The van der Waals surface area contributed by atoms with Gasteiger partial charge in [-0.15, -0.1) is 11.3 Å². The van der Waals surface area contributed by atoms with Crippen LogP contribution in [0.5, 0.6) is 0 Å². The summed E-state index contributed by atoms with van der Waals surface area (Å²) in [6, 6.07) is 8.13. The molecule has 0 radical (unpaired) electrons. The third kappa shape index (κ3) is 2.96. The molecule has 0 unspecified atom stereocenters. The van der Waals surface area contributed by atoms with Crippen LogP contribution in [0.3, 0.4) is 0 Å². The van der Waals surface area contributed by atoms with Gasteiger partial charge < -0.3 is 5.32 Å². The van der Waals surface area contributed by atoms with Gasteiger partial charge in [-0.3, -0.25) is 4.98 Å². The van der Waals surface area contributed by atoms with Crippen molar-refractivity contribution in [2.45, 2.75) is 20.8 Å². The predicted octanol–water partition coefficient (Wildman–Crippen LogP) is 4.82. The maximum atomic E-state index is 4.72. The molecule has 6 heteroatoms. The minimum atomic E-state index is 0.717. The Kier molecular flexibility index (Phi) is 3.89. The average molecular weight is 347 g/mol. The lowest BCUT2D eigenvalue weighted by atomic mass is 10.0. The predicted molar refractivity (Wildman–Crippen MR) is 102 cm³/mol. The van der Waals surface area contributed by atoms with Gasteiger partial charge in [0, 0.05) is 45.7 Å². The first kappa shape index (κ1) is 15.7. The molecule has 0 aliphatic heterocycles. The Morgan fingerprint density at radius 1 is 0.960 bits per heavy atom. The largest absolute Gasteiger partial charge is 0.322 e. The van der Waals surface area contributed by atoms with Crippen molar-refractivity contribution in [2.24, 2.45) is 0 Å². The summed E-state index contributed by atoms with van der Waals surface area (Å²) in [4.78, 5) is 18.2. The molecule has 0 fully saturated rings. The average Bonchev–Trinajstić information content (AvgIpc) is 3.01. The van der Waals surface area contributed by atoms with Crippen LogP contribution in [0.1, 0.15) is 16.4 Å². The molecule has 0 atom stereocenters. The van der Waals surface area contributed by atoms with E-state index in [0.29, 0.717) is 5.82 Å². The van der Waals surface area contributed by atoms with Gasteiger partial charge in [0.05, 0.1) is 5.01 Å². The van der Waals surface area contributed by atoms with Crippen LogP contribution in [-0.2, 0) is 0 Å². The molecule has 5 nitrogen and oxygen atoms in total. The second-order valence-corrected chi connectivity index (χ2v) is 6.94. The molecule has 0 spiro atoms. The number of thiazole rings is 1. The second kappa shape index (κ2) is 6.22. The van der Waals surface area contributed by atoms with Crippen LogP contribution in [0.2, 0.25) is 0 Å². The molecule has 0 aromatic carbocycles. The minimum Gasteiger partial charge on any atom is -0.322 e. The second-order valence-electron chi connectivity index (χ2n) is 5.88. The number of hydrogen-bond donors (Lipinski definition) is 1. The fraction of sp³-hybridized carbons (Fsp3) is 0.158. The van der Waals surface area contributed by atoms with Gasteiger partial charge in [-0.25, -0.2) is 15.0 Å². The molecular weight excluding hydrogens is 330 g/mol. The van der Waals surface area contributed by atoms with Crippen molar-refractivity contribution in [1.82, 2.24) is 19.9 Å². The Bertz CT molecular complexity index is 1070. The summed E-state index contributed by atoms with van der Waals surface area (Å²) in [7, 11) is 0. The topological polar surface area (TPSA) is 63.6 Å². The first-order valence-electron chi connectivity index (χ1n) is 7.99. The monoisotopic (exact) mass is 347 g/mol. The van der Waals surface area contributed by atoms with Crippen LogP contribution in [0.15, 0.2) is 42.0 Å². The molecule has 0 aliphatic carbocycles. The first-order valence-corrected chi connectivity index (χ1v) is 8.87. The van der Waals surface area contributed by atoms with Gasteiger partial charge in [0.15, 0.2) is 5.82 Å². The molecule has 0 amide bonds. The van der Waals surface area contributed by atoms with E-state index >= 15 is 0 Å². The van der Waals surface area contributed by atoms with Crippen molar-refractivity contribution in [3.63, 3.8) is 0 Å². The highest BCUT2D eigenvalue weighted by molar-refractivity contribution is 7.09. The molecule has 1 N–H and O–H groups in total. The summed E-state index contributed by atoms with van der Waals surface area (Å²) in [5.74, 6) is 1.51. The Morgan fingerprint density at radius 2 is 1.84 bits per heavy atom. The smallest absolute Gasteiger partial charge is 0.158 e. The summed E-state index contributed by atoms with van der Waals surface area (Å²) in [5, 5.41) is 7.34. The number of fused-ring (bicyclic) bond motifs is 1. The summed E-state index contributed by atoms with van der Waals surface area (Å²) >= 11 is 1.60. The van der Waals surface area contributed by atoms with Crippen molar-refractivity contribution in [2.75, 3.05) is 5.32 Å². The van der Waals surface area contributed by atoms with E-state index in [9.17, 15) is 0 Å². The quantitative estimate of drug-likeness (QED) is 0.576. The molecule has 0 bridgehead atoms. The van der Waals surface area contributed by atoms with E-state index in [1.807, 2.05) is 44.5 Å². The highest BCUT2D eigenvalue weighted by Gasteiger charge is 2.13. The highest BCUT2D eigenvalue weighted by atomic mass is 32.1. The third-order valence-corrected chi connectivity index (χ3v) is 4.81. The van der Waals surface area contributed by atoms with Crippen LogP contribution < -0.4 is 5.32 Å². The molecule has 4 rings (SSSR count). The van der Waals surface area contributed by atoms with Crippen LogP contribution in [0, 0.1) is 20.8 Å². The fourth-order valence-electron chi connectivity index (χ4n) is 2.83. The van der Waals surface area contributed by atoms with E-state index in [1.54, 1.807) is 17.5 Å². The van der Waals surface area contributed by atoms with Gasteiger partial charge >= 0.3 is 0 Å². The van der Waals surface area contributed by atoms with Gasteiger partial charge in [0.2, 0.25) is 0 Å². The number of rotatable bonds is 3. The van der Waals surface area contributed by atoms with Crippen molar-refractivity contribution in [1.29, 1.82) is 0 Å². The van der Waals surface area contributed by atoms with Crippen LogP contribution in [-0.4, -0.2) is 19.9 Å². The zero-order chi connectivity index (χ0) is 17.4. The minimum absolute atomic E-state index is 0.717. The van der Waals surface area contributed by atoms with Crippen molar-refractivity contribution >= 4 is 33.9 Å².